The number of aryl methyl sites for hydroxylation is 2. The molecule has 0 atom stereocenters. The third-order valence-electron chi connectivity index (χ3n) is 10.0. The minimum atomic E-state index is 0.620. The van der Waals surface area contributed by atoms with Crippen molar-refractivity contribution in [1.29, 1.82) is 0 Å². The van der Waals surface area contributed by atoms with Crippen LogP contribution in [0.1, 0.15) is 78.4 Å². The molecule has 0 aliphatic rings. The minimum absolute atomic E-state index is 0.620. The van der Waals surface area contributed by atoms with E-state index in [0.717, 1.165) is 142 Å². The fourth-order valence-corrected chi connectivity index (χ4v) is 6.73. The Kier molecular flexibility index (Phi) is 18.1. The van der Waals surface area contributed by atoms with Crippen LogP contribution in [0.5, 0.6) is 17.2 Å². The van der Waals surface area contributed by atoms with Crippen LogP contribution in [0, 0.1) is 0 Å². The highest BCUT2D eigenvalue weighted by Crippen LogP contribution is 2.34. The summed E-state index contributed by atoms with van der Waals surface area (Å²) in [6, 6.07) is 18.8. The zero-order chi connectivity index (χ0) is 37.1. The number of halogens is 1. The summed E-state index contributed by atoms with van der Waals surface area (Å²) in [6.45, 7) is 24.6. The van der Waals surface area contributed by atoms with E-state index in [2.05, 4.69) is 97.6 Å². The summed E-state index contributed by atoms with van der Waals surface area (Å²) in [5.74, 6) is 3.28. The van der Waals surface area contributed by atoms with E-state index in [4.69, 9.17) is 30.8 Å². The number of ether oxygens (including phenoxy) is 3. The van der Waals surface area contributed by atoms with Crippen LogP contribution in [0.15, 0.2) is 54.6 Å². The number of fused-ring (bicyclic) bond motifs is 1. The highest BCUT2D eigenvalue weighted by Gasteiger charge is 2.16. The lowest BCUT2D eigenvalue weighted by Crippen LogP contribution is -2.25. The van der Waals surface area contributed by atoms with Gasteiger partial charge in [-0.15, -0.1) is 0 Å². The van der Waals surface area contributed by atoms with Crippen LogP contribution in [-0.2, 0) is 12.8 Å². The van der Waals surface area contributed by atoms with E-state index in [1.165, 1.54) is 11.1 Å². The Labute approximate surface area is 318 Å². The van der Waals surface area contributed by atoms with Gasteiger partial charge in [0, 0.05) is 42.4 Å². The predicted molar refractivity (Wildman–Crippen MR) is 219 cm³/mol. The second kappa shape index (κ2) is 22.7. The van der Waals surface area contributed by atoms with Gasteiger partial charge in [-0.25, -0.2) is 4.98 Å². The van der Waals surface area contributed by atoms with Crippen molar-refractivity contribution >= 4 is 22.6 Å². The molecule has 0 saturated heterocycles. The molecule has 0 radical (unpaired) electrons. The largest absolute Gasteiger partial charge is 0.493 e. The third kappa shape index (κ3) is 13.0. The van der Waals surface area contributed by atoms with E-state index in [9.17, 15) is 0 Å². The van der Waals surface area contributed by atoms with Crippen LogP contribution in [0.2, 0.25) is 5.02 Å². The Bertz CT molecular complexity index is 1580. The normalized spacial score (nSPS) is 11.7. The summed E-state index contributed by atoms with van der Waals surface area (Å²) in [6.07, 6.45) is 5.83. The molecule has 4 rings (SSSR count). The number of hydrogen-bond acceptors (Lipinski definition) is 7. The lowest BCUT2D eigenvalue weighted by Gasteiger charge is -2.18. The zero-order valence-electron chi connectivity index (χ0n) is 32.8. The highest BCUT2D eigenvalue weighted by atomic mass is 35.5. The second-order valence-electron chi connectivity index (χ2n) is 13.4. The van der Waals surface area contributed by atoms with Crippen LogP contribution in [0.4, 0.5) is 0 Å². The number of aromatic amines is 1. The molecule has 1 aromatic heterocycles. The summed E-state index contributed by atoms with van der Waals surface area (Å²) in [5, 5.41) is 0.772. The van der Waals surface area contributed by atoms with Gasteiger partial charge in [-0.2, -0.15) is 0 Å². The van der Waals surface area contributed by atoms with E-state index in [-0.39, 0.29) is 0 Å². The third-order valence-corrected chi connectivity index (χ3v) is 10.3. The van der Waals surface area contributed by atoms with Crippen molar-refractivity contribution in [2.24, 2.45) is 0 Å². The molecular formula is C43H64ClN5O3. The SMILES string of the molecule is CCN(CC)CCCOc1cc(OCCCN(CC)CC)c2nc(-c3ccc(CCCc4ccc(Cl)cc4)c(OCCCN(CC)CC)c3)[nH]c2c1. The molecule has 1 heterocycles. The summed E-state index contributed by atoms with van der Waals surface area (Å²) in [5.41, 5.74) is 5.23. The molecule has 0 unspecified atom stereocenters. The van der Waals surface area contributed by atoms with Crippen LogP contribution in [-0.4, -0.2) is 103 Å². The van der Waals surface area contributed by atoms with Gasteiger partial charge < -0.3 is 33.9 Å². The smallest absolute Gasteiger partial charge is 0.150 e. The van der Waals surface area contributed by atoms with E-state index < -0.39 is 0 Å². The lowest BCUT2D eigenvalue weighted by atomic mass is 10.0. The van der Waals surface area contributed by atoms with Gasteiger partial charge in [0.15, 0.2) is 5.75 Å². The van der Waals surface area contributed by atoms with Crippen molar-refractivity contribution in [2.45, 2.75) is 80.1 Å². The predicted octanol–water partition coefficient (Wildman–Crippen LogP) is 9.39. The Hall–Kier alpha value is -3.30. The number of benzene rings is 3. The molecule has 3 aromatic carbocycles. The van der Waals surface area contributed by atoms with E-state index in [1.54, 1.807) is 0 Å². The van der Waals surface area contributed by atoms with E-state index in [1.807, 2.05) is 18.2 Å². The van der Waals surface area contributed by atoms with Gasteiger partial charge in [0.25, 0.3) is 0 Å². The second-order valence-corrected chi connectivity index (χ2v) is 13.8. The summed E-state index contributed by atoms with van der Waals surface area (Å²) < 4.78 is 19.2. The molecule has 0 spiro atoms. The fraction of sp³-hybridized carbons (Fsp3) is 0.558. The van der Waals surface area contributed by atoms with Crippen LogP contribution >= 0.6 is 11.6 Å². The number of H-pyrrole nitrogens is 1. The van der Waals surface area contributed by atoms with Crippen molar-refractivity contribution in [3.05, 3.63) is 70.7 Å². The number of hydrogen-bond donors (Lipinski definition) is 1. The van der Waals surface area contributed by atoms with Crippen LogP contribution < -0.4 is 14.2 Å². The van der Waals surface area contributed by atoms with Gasteiger partial charge in [-0.3, -0.25) is 0 Å². The molecule has 52 heavy (non-hydrogen) atoms. The van der Waals surface area contributed by atoms with Gasteiger partial charge >= 0.3 is 0 Å². The Balaban J connectivity index is 1.56. The first-order valence-electron chi connectivity index (χ1n) is 19.9. The maximum atomic E-state index is 6.53. The quantitative estimate of drug-likeness (QED) is 0.0646. The number of nitrogens with zero attached hydrogens (tertiary/aromatic N) is 4. The maximum absolute atomic E-state index is 6.53. The molecule has 0 bridgehead atoms. The minimum Gasteiger partial charge on any atom is -0.493 e. The van der Waals surface area contributed by atoms with Crippen molar-refractivity contribution in [3.8, 4) is 28.6 Å². The van der Waals surface area contributed by atoms with E-state index in [0.29, 0.717) is 19.8 Å². The van der Waals surface area contributed by atoms with Crippen molar-refractivity contribution < 1.29 is 14.2 Å². The molecule has 0 amide bonds. The molecular weight excluding hydrogens is 670 g/mol. The van der Waals surface area contributed by atoms with Gasteiger partial charge in [-0.05, 0) is 107 Å². The number of aromatic nitrogens is 2. The average Bonchev–Trinajstić information content (AvgIpc) is 3.61. The zero-order valence-corrected chi connectivity index (χ0v) is 33.6. The lowest BCUT2D eigenvalue weighted by molar-refractivity contribution is 0.243. The molecule has 286 valence electrons. The first-order valence-corrected chi connectivity index (χ1v) is 20.3. The molecule has 4 aromatic rings. The number of nitrogens with one attached hydrogen (secondary N) is 1. The standard InChI is InChI=1S/C43H64ClN5O3/c1-7-47(8-2)25-14-28-50-38-32-39-42(41(33-38)52-30-16-27-49(11-5)12-6)46-43(45-39)36-22-21-35(18-13-17-34-19-23-37(44)24-20-34)40(31-36)51-29-15-26-48(9-3)10-4/h19-24,31-33H,7-18,25-30H2,1-6H3,(H,45,46). The summed E-state index contributed by atoms with van der Waals surface area (Å²) in [4.78, 5) is 16.0. The highest BCUT2D eigenvalue weighted by molar-refractivity contribution is 6.30. The molecule has 1 N–H and O–H groups in total. The molecule has 8 nitrogen and oxygen atoms in total. The van der Waals surface area contributed by atoms with Gasteiger partial charge in [0.1, 0.15) is 22.8 Å². The first-order chi connectivity index (χ1) is 25.4. The van der Waals surface area contributed by atoms with E-state index >= 15 is 0 Å². The number of rotatable bonds is 26. The van der Waals surface area contributed by atoms with Gasteiger partial charge in [0.2, 0.25) is 0 Å². The monoisotopic (exact) mass is 733 g/mol. The van der Waals surface area contributed by atoms with Gasteiger partial charge in [0.05, 0.1) is 25.3 Å². The maximum Gasteiger partial charge on any atom is 0.150 e. The first kappa shape index (κ1) is 41.5. The molecule has 9 heteroatoms. The fourth-order valence-electron chi connectivity index (χ4n) is 6.61. The number of imidazole rings is 1. The topological polar surface area (TPSA) is 66.1 Å². The Morgan fingerprint density at radius 2 is 1.15 bits per heavy atom. The molecule has 0 aliphatic heterocycles. The van der Waals surface area contributed by atoms with Crippen molar-refractivity contribution in [3.63, 3.8) is 0 Å². The van der Waals surface area contributed by atoms with Crippen molar-refractivity contribution in [1.82, 2.24) is 24.7 Å². The van der Waals surface area contributed by atoms with Crippen LogP contribution in [0.3, 0.4) is 0 Å². The Morgan fingerprint density at radius 1 is 0.596 bits per heavy atom. The molecule has 0 fully saturated rings. The van der Waals surface area contributed by atoms with Crippen LogP contribution in [0.25, 0.3) is 22.4 Å². The summed E-state index contributed by atoms with van der Waals surface area (Å²) in [7, 11) is 0. The Morgan fingerprint density at radius 3 is 1.73 bits per heavy atom. The van der Waals surface area contributed by atoms with Gasteiger partial charge in [-0.1, -0.05) is 77.4 Å². The molecule has 0 saturated carbocycles. The average molecular weight is 734 g/mol. The summed E-state index contributed by atoms with van der Waals surface area (Å²) >= 11 is 6.12. The van der Waals surface area contributed by atoms with Crippen molar-refractivity contribution in [2.75, 3.05) is 78.7 Å². The molecule has 0 aliphatic carbocycles.